The van der Waals surface area contributed by atoms with Crippen molar-refractivity contribution in [3.05, 3.63) is 20.3 Å². The van der Waals surface area contributed by atoms with Crippen LogP contribution in [0, 0.1) is 5.41 Å². The van der Waals surface area contributed by atoms with Gasteiger partial charge in [-0.25, -0.2) is 0 Å². The van der Waals surface area contributed by atoms with Gasteiger partial charge in [-0.1, -0.05) is 13.8 Å². The third-order valence-corrected chi connectivity index (χ3v) is 5.61. The van der Waals surface area contributed by atoms with Crippen molar-refractivity contribution >= 4 is 27.3 Å². The highest BCUT2D eigenvalue weighted by Crippen LogP contribution is 2.38. The minimum Gasteiger partial charge on any atom is -0.385 e. The fourth-order valence-corrected chi connectivity index (χ4v) is 4.42. The molecule has 2 rings (SSSR count). The van der Waals surface area contributed by atoms with E-state index in [1.807, 2.05) is 11.3 Å². The zero-order valence-corrected chi connectivity index (χ0v) is 14.5. The highest BCUT2D eigenvalue weighted by atomic mass is 79.9. The van der Waals surface area contributed by atoms with Gasteiger partial charge in [0, 0.05) is 31.2 Å². The van der Waals surface area contributed by atoms with Crippen LogP contribution in [0.1, 0.15) is 49.6 Å². The third-order valence-electron chi connectivity index (χ3n) is 3.89. The van der Waals surface area contributed by atoms with Crippen molar-refractivity contribution in [3.63, 3.8) is 0 Å². The molecule has 2 nitrogen and oxygen atoms in total. The molecule has 0 radical (unpaired) electrons. The second-order valence-corrected chi connectivity index (χ2v) is 8.68. The molecule has 1 atom stereocenters. The van der Waals surface area contributed by atoms with Crippen molar-refractivity contribution in [2.24, 2.45) is 5.41 Å². The highest BCUT2D eigenvalue weighted by Gasteiger charge is 2.25. The van der Waals surface area contributed by atoms with Crippen molar-refractivity contribution in [2.45, 2.75) is 45.6 Å². The lowest BCUT2D eigenvalue weighted by atomic mass is 9.87. The van der Waals surface area contributed by atoms with Gasteiger partial charge in [0.05, 0.1) is 3.79 Å². The molecule has 108 valence electrons. The molecular formula is C15H24BrNOS. The first-order chi connectivity index (χ1) is 9.02. The Labute approximate surface area is 129 Å². The highest BCUT2D eigenvalue weighted by molar-refractivity contribution is 9.11. The molecule has 0 spiro atoms. The summed E-state index contributed by atoms with van der Waals surface area (Å²) < 4.78 is 6.47. The number of fused-ring (bicyclic) bond motifs is 1. The van der Waals surface area contributed by atoms with Gasteiger partial charge in [-0.2, -0.15) is 0 Å². The van der Waals surface area contributed by atoms with Crippen molar-refractivity contribution in [2.75, 3.05) is 20.3 Å². The molecule has 1 N–H and O–H groups in total. The van der Waals surface area contributed by atoms with E-state index in [2.05, 4.69) is 41.2 Å². The van der Waals surface area contributed by atoms with E-state index in [-0.39, 0.29) is 0 Å². The number of methoxy groups -OCH3 is 1. The van der Waals surface area contributed by atoms with Crippen molar-refractivity contribution in [1.29, 1.82) is 0 Å². The van der Waals surface area contributed by atoms with E-state index >= 15 is 0 Å². The maximum atomic E-state index is 5.20. The first-order valence-corrected chi connectivity index (χ1v) is 8.63. The molecule has 1 aliphatic carbocycles. The van der Waals surface area contributed by atoms with Crippen molar-refractivity contribution < 1.29 is 4.74 Å². The summed E-state index contributed by atoms with van der Waals surface area (Å²) in [5.41, 5.74) is 1.81. The Kier molecular flexibility index (Phi) is 5.46. The van der Waals surface area contributed by atoms with Crippen LogP contribution in [-0.4, -0.2) is 20.3 Å². The minimum absolute atomic E-state index is 0.293. The standard InChI is InChI=1S/C15H24BrNOS/c1-15(2,7-8-18-3)10-17-12-5-4-6-13-11(12)9-14(16)19-13/h9,12,17H,4-8,10H2,1-3H3. The summed E-state index contributed by atoms with van der Waals surface area (Å²) in [4.78, 5) is 1.56. The fraction of sp³-hybridized carbons (Fsp3) is 0.733. The molecular weight excluding hydrogens is 322 g/mol. The molecule has 1 unspecified atom stereocenters. The number of aryl methyl sites for hydroxylation is 1. The summed E-state index contributed by atoms with van der Waals surface area (Å²) in [6.45, 7) is 6.51. The van der Waals surface area contributed by atoms with Crippen LogP contribution in [0.15, 0.2) is 9.85 Å². The zero-order chi connectivity index (χ0) is 13.9. The second-order valence-electron chi connectivity index (χ2n) is 6.16. The SMILES string of the molecule is COCCC(C)(C)CNC1CCCc2sc(Br)cc21. The average molecular weight is 346 g/mol. The van der Waals surface area contributed by atoms with Gasteiger partial charge in [0.25, 0.3) is 0 Å². The molecule has 0 aromatic carbocycles. The predicted molar refractivity (Wildman–Crippen MR) is 86.0 cm³/mol. The number of rotatable bonds is 6. The Morgan fingerprint density at radius 2 is 2.32 bits per heavy atom. The Bertz CT molecular complexity index is 416. The van der Waals surface area contributed by atoms with E-state index < -0.39 is 0 Å². The topological polar surface area (TPSA) is 21.3 Å². The molecule has 1 aromatic rings. The van der Waals surface area contributed by atoms with Crippen LogP contribution in [0.5, 0.6) is 0 Å². The number of halogens is 1. The number of hydrogen-bond donors (Lipinski definition) is 1. The molecule has 0 amide bonds. The summed E-state index contributed by atoms with van der Waals surface area (Å²) >= 11 is 5.52. The van der Waals surface area contributed by atoms with Crippen LogP contribution < -0.4 is 5.32 Å². The lowest BCUT2D eigenvalue weighted by Crippen LogP contribution is -2.34. The first-order valence-electron chi connectivity index (χ1n) is 7.02. The molecule has 1 heterocycles. The summed E-state index contributed by atoms with van der Waals surface area (Å²) in [5, 5.41) is 3.77. The van der Waals surface area contributed by atoms with Gasteiger partial charge >= 0.3 is 0 Å². The quantitative estimate of drug-likeness (QED) is 0.816. The number of hydrogen-bond acceptors (Lipinski definition) is 3. The van der Waals surface area contributed by atoms with Crippen LogP contribution in [-0.2, 0) is 11.2 Å². The van der Waals surface area contributed by atoms with Crippen LogP contribution in [0.2, 0.25) is 0 Å². The lowest BCUT2D eigenvalue weighted by Gasteiger charge is -2.30. The first kappa shape index (κ1) is 15.5. The van der Waals surface area contributed by atoms with Crippen LogP contribution >= 0.6 is 27.3 Å². The Balaban J connectivity index is 1.93. The van der Waals surface area contributed by atoms with Crippen LogP contribution in [0.25, 0.3) is 0 Å². The maximum absolute atomic E-state index is 5.20. The largest absolute Gasteiger partial charge is 0.385 e. The summed E-state index contributed by atoms with van der Waals surface area (Å²) in [6, 6.07) is 2.84. The molecule has 0 bridgehead atoms. The fourth-order valence-electron chi connectivity index (χ4n) is 2.60. The van der Waals surface area contributed by atoms with E-state index in [9.17, 15) is 0 Å². The van der Waals surface area contributed by atoms with Crippen LogP contribution in [0.3, 0.4) is 0 Å². The number of thiophene rings is 1. The second kappa shape index (κ2) is 6.70. The van der Waals surface area contributed by atoms with Gasteiger partial charge in [-0.15, -0.1) is 11.3 Å². The monoisotopic (exact) mass is 345 g/mol. The molecule has 1 aromatic heterocycles. The van der Waals surface area contributed by atoms with Crippen molar-refractivity contribution in [3.8, 4) is 0 Å². The maximum Gasteiger partial charge on any atom is 0.0704 e. The van der Waals surface area contributed by atoms with E-state index in [1.165, 1.54) is 28.6 Å². The number of nitrogens with one attached hydrogen (secondary N) is 1. The summed E-state index contributed by atoms with van der Waals surface area (Å²) in [7, 11) is 1.78. The van der Waals surface area contributed by atoms with E-state index in [0.29, 0.717) is 11.5 Å². The van der Waals surface area contributed by atoms with Gasteiger partial charge < -0.3 is 10.1 Å². The smallest absolute Gasteiger partial charge is 0.0704 e. The summed E-state index contributed by atoms with van der Waals surface area (Å²) in [6.07, 6.45) is 4.91. The van der Waals surface area contributed by atoms with Gasteiger partial charge in [-0.05, 0) is 58.7 Å². The minimum atomic E-state index is 0.293. The summed E-state index contributed by atoms with van der Waals surface area (Å²) in [5.74, 6) is 0. The zero-order valence-electron chi connectivity index (χ0n) is 12.1. The third kappa shape index (κ3) is 4.28. The Morgan fingerprint density at radius 1 is 1.53 bits per heavy atom. The molecule has 4 heteroatoms. The predicted octanol–water partition coefficient (Wildman–Crippen LogP) is 4.54. The van der Waals surface area contributed by atoms with E-state index in [1.54, 1.807) is 12.0 Å². The van der Waals surface area contributed by atoms with E-state index in [0.717, 1.165) is 19.6 Å². The normalized spacial score (nSPS) is 19.5. The van der Waals surface area contributed by atoms with Crippen LogP contribution in [0.4, 0.5) is 0 Å². The average Bonchev–Trinajstić information content (AvgIpc) is 2.74. The van der Waals surface area contributed by atoms with Gasteiger partial charge in [-0.3, -0.25) is 0 Å². The molecule has 0 saturated heterocycles. The Hall–Kier alpha value is 0.100. The van der Waals surface area contributed by atoms with Crippen molar-refractivity contribution in [1.82, 2.24) is 5.32 Å². The lowest BCUT2D eigenvalue weighted by molar-refractivity contribution is 0.148. The molecule has 19 heavy (non-hydrogen) atoms. The molecule has 0 fully saturated rings. The molecule has 1 aliphatic rings. The molecule has 0 aliphatic heterocycles. The Morgan fingerprint density at radius 3 is 3.05 bits per heavy atom. The van der Waals surface area contributed by atoms with E-state index in [4.69, 9.17) is 4.74 Å². The van der Waals surface area contributed by atoms with Gasteiger partial charge in [0.1, 0.15) is 0 Å². The van der Waals surface area contributed by atoms with Gasteiger partial charge in [0.2, 0.25) is 0 Å². The van der Waals surface area contributed by atoms with Gasteiger partial charge in [0.15, 0.2) is 0 Å². The number of ether oxygens (including phenoxy) is 1. The molecule has 0 saturated carbocycles.